The molecule has 49 heavy (non-hydrogen) atoms. The van der Waals surface area contributed by atoms with E-state index >= 15 is 0 Å². The van der Waals surface area contributed by atoms with Crippen molar-refractivity contribution in [1.82, 2.24) is 13.2 Å². The van der Waals surface area contributed by atoms with Crippen molar-refractivity contribution >= 4 is 54.0 Å². The lowest BCUT2D eigenvalue weighted by atomic mass is 9.95. The molecule has 13 heteroatoms. The molecule has 1 saturated heterocycles. The molecule has 0 unspecified atom stereocenters. The predicted molar refractivity (Wildman–Crippen MR) is 190 cm³/mol. The van der Waals surface area contributed by atoms with Gasteiger partial charge in [0.15, 0.2) is 0 Å². The van der Waals surface area contributed by atoms with Crippen LogP contribution in [-0.2, 0) is 26.5 Å². The van der Waals surface area contributed by atoms with Gasteiger partial charge in [0.2, 0.25) is 10.0 Å². The van der Waals surface area contributed by atoms with E-state index in [1.54, 1.807) is 30.3 Å². The molecule has 4 heterocycles. The van der Waals surface area contributed by atoms with Gasteiger partial charge in [0.25, 0.3) is 21.8 Å². The van der Waals surface area contributed by atoms with Gasteiger partial charge in [-0.15, -0.1) is 0 Å². The number of primary amides is 1. The highest BCUT2D eigenvalue weighted by Crippen LogP contribution is 2.40. The molecule has 0 radical (unpaired) electrons. The summed E-state index contributed by atoms with van der Waals surface area (Å²) in [6.45, 7) is 3.99. The van der Waals surface area contributed by atoms with E-state index < -0.39 is 26.0 Å². The zero-order valence-corrected chi connectivity index (χ0v) is 29.1. The maximum atomic E-state index is 14.6. The van der Waals surface area contributed by atoms with Crippen LogP contribution in [0, 0.1) is 6.92 Å². The van der Waals surface area contributed by atoms with Crippen LogP contribution in [0.3, 0.4) is 0 Å². The number of rotatable bonds is 7. The van der Waals surface area contributed by atoms with Gasteiger partial charge in [0.05, 0.1) is 27.9 Å². The number of benzene rings is 3. The van der Waals surface area contributed by atoms with Crippen LogP contribution in [0.5, 0.6) is 0 Å². The first-order chi connectivity index (χ1) is 23.3. The molecule has 1 fully saturated rings. The van der Waals surface area contributed by atoms with Crippen molar-refractivity contribution < 1.29 is 26.4 Å². The molecule has 1 aromatic heterocycles. The molecular formula is C36H39N5O6S2. The number of amides is 2. The van der Waals surface area contributed by atoms with E-state index in [1.807, 2.05) is 42.2 Å². The molecule has 256 valence electrons. The molecule has 1 atom stereocenters. The van der Waals surface area contributed by atoms with Crippen molar-refractivity contribution in [2.75, 3.05) is 43.9 Å². The van der Waals surface area contributed by atoms with Crippen LogP contribution in [0.2, 0.25) is 0 Å². The summed E-state index contributed by atoms with van der Waals surface area (Å²) >= 11 is 0. The molecular weight excluding hydrogens is 663 g/mol. The summed E-state index contributed by atoms with van der Waals surface area (Å²) in [5, 5.41) is 0.546. The number of fused-ring (bicyclic) bond motifs is 2. The van der Waals surface area contributed by atoms with Gasteiger partial charge in [-0.25, -0.2) is 20.8 Å². The fourth-order valence-corrected chi connectivity index (χ4v) is 9.77. The van der Waals surface area contributed by atoms with Crippen LogP contribution in [0.15, 0.2) is 77.7 Å². The summed E-state index contributed by atoms with van der Waals surface area (Å²) in [7, 11) is -7.71. The molecule has 0 bridgehead atoms. The summed E-state index contributed by atoms with van der Waals surface area (Å²) in [4.78, 5) is 30.7. The third-order valence-corrected chi connectivity index (χ3v) is 13.0. The van der Waals surface area contributed by atoms with E-state index in [0.29, 0.717) is 36.3 Å². The topological polar surface area (TPSA) is 143 Å². The number of hydrogen-bond acceptors (Lipinski definition) is 7. The Morgan fingerprint density at radius 1 is 0.918 bits per heavy atom. The minimum atomic E-state index is -4.26. The fraction of sp³-hybridized carbons (Fsp3) is 0.333. The lowest BCUT2D eigenvalue weighted by Crippen LogP contribution is -2.52. The molecule has 3 aromatic carbocycles. The number of carbonyl (C=O) groups excluding carboxylic acids is 2. The molecule has 11 nitrogen and oxygen atoms in total. The van der Waals surface area contributed by atoms with Gasteiger partial charge < -0.3 is 15.5 Å². The summed E-state index contributed by atoms with van der Waals surface area (Å²) < 4.78 is 56.3. The number of nitrogens with two attached hydrogens (primary N) is 1. The van der Waals surface area contributed by atoms with E-state index in [9.17, 15) is 26.4 Å². The van der Waals surface area contributed by atoms with Gasteiger partial charge in [-0.3, -0.25) is 9.59 Å². The zero-order valence-electron chi connectivity index (χ0n) is 27.5. The third-order valence-electron chi connectivity index (χ3n) is 10.0. The number of sulfonamides is 1. The lowest BCUT2D eigenvalue weighted by molar-refractivity contribution is 0.0641. The highest BCUT2D eigenvalue weighted by Gasteiger charge is 2.35. The van der Waals surface area contributed by atoms with Gasteiger partial charge in [0.1, 0.15) is 0 Å². The number of hydrogen-bond donors (Lipinski definition) is 1. The number of aryl methyl sites for hydroxylation is 1. The molecule has 0 saturated carbocycles. The Morgan fingerprint density at radius 2 is 1.67 bits per heavy atom. The number of piperidine rings is 1. The molecule has 3 aliphatic rings. The highest BCUT2D eigenvalue weighted by molar-refractivity contribution is 7.90. The second-order valence-electron chi connectivity index (χ2n) is 13.1. The molecule has 2 N–H and O–H groups in total. The van der Waals surface area contributed by atoms with Crippen molar-refractivity contribution in [3.8, 4) is 0 Å². The van der Waals surface area contributed by atoms with Crippen LogP contribution >= 0.6 is 0 Å². The SMILES string of the molecule is Cc1ccc(S(=O)(=O)n2c(C3=CCN(S(C)(=O)=O)CC3)cc3c(N4CCC[C@@H](N5CCc6ccccc6C5=O)C4)ccc(C(N)=O)c32)cc1. The van der Waals surface area contributed by atoms with E-state index in [0.717, 1.165) is 47.9 Å². The highest BCUT2D eigenvalue weighted by atomic mass is 32.2. The van der Waals surface area contributed by atoms with E-state index in [4.69, 9.17) is 5.73 Å². The second-order valence-corrected chi connectivity index (χ2v) is 16.9. The van der Waals surface area contributed by atoms with Crippen molar-refractivity contribution in [3.63, 3.8) is 0 Å². The molecule has 4 aromatic rings. The summed E-state index contributed by atoms with van der Waals surface area (Å²) in [6, 6.07) is 19.4. The first kappa shape index (κ1) is 33.1. The average molecular weight is 702 g/mol. The molecule has 0 aliphatic carbocycles. The number of carbonyl (C=O) groups is 2. The van der Waals surface area contributed by atoms with Crippen LogP contribution < -0.4 is 10.6 Å². The number of nitrogens with zero attached hydrogens (tertiary/aromatic N) is 4. The van der Waals surface area contributed by atoms with E-state index in [1.165, 1.54) is 20.4 Å². The first-order valence-electron chi connectivity index (χ1n) is 16.4. The predicted octanol–water partition coefficient (Wildman–Crippen LogP) is 4.00. The third kappa shape index (κ3) is 5.93. The summed E-state index contributed by atoms with van der Waals surface area (Å²) in [6.07, 6.45) is 5.60. The van der Waals surface area contributed by atoms with Gasteiger partial charge in [-0.1, -0.05) is 42.0 Å². The van der Waals surface area contributed by atoms with Crippen LogP contribution in [0.25, 0.3) is 16.5 Å². The summed E-state index contributed by atoms with van der Waals surface area (Å²) in [5.41, 5.74) is 10.6. The Kier molecular flexibility index (Phi) is 8.40. The average Bonchev–Trinajstić information content (AvgIpc) is 3.50. The standard InChI is InChI=1S/C36H39N5O6S2/c1-24-9-11-28(12-10-24)49(46,47)41-33(26-15-19-39(20-16-26)48(2,44)45)22-31-32(14-13-30(34(31)41)35(37)42)38-18-5-7-27(23-38)40-21-17-25-6-3-4-8-29(25)36(40)43/h3-4,6,8-15,22,27H,5,7,16-21,23H2,1-2H3,(H2,37,42)/t27-/m1/s1. The van der Waals surface area contributed by atoms with Gasteiger partial charge in [-0.05, 0) is 80.1 Å². The van der Waals surface area contributed by atoms with Crippen LogP contribution in [-0.4, -0.2) is 86.8 Å². The maximum Gasteiger partial charge on any atom is 0.268 e. The van der Waals surface area contributed by atoms with Gasteiger partial charge >= 0.3 is 0 Å². The Hall–Kier alpha value is -4.46. The van der Waals surface area contributed by atoms with Gasteiger partial charge in [-0.2, -0.15) is 4.31 Å². The second kappa shape index (κ2) is 12.5. The Labute approximate surface area is 286 Å². The normalized spacial score (nSPS) is 19.2. The van der Waals surface area contributed by atoms with Gasteiger partial charge in [0, 0.05) is 55.4 Å². The maximum absolute atomic E-state index is 14.6. The minimum Gasteiger partial charge on any atom is -0.369 e. The number of aromatic nitrogens is 1. The Bertz CT molecular complexity index is 2240. The minimum absolute atomic E-state index is 0.0212. The summed E-state index contributed by atoms with van der Waals surface area (Å²) in [5.74, 6) is -0.746. The molecule has 0 spiro atoms. The van der Waals surface area contributed by atoms with Crippen LogP contribution in [0.1, 0.15) is 56.8 Å². The van der Waals surface area contributed by atoms with Crippen molar-refractivity contribution in [2.24, 2.45) is 5.73 Å². The first-order valence-corrected chi connectivity index (χ1v) is 19.7. The lowest BCUT2D eigenvalue weighted by Gasteiger charge is -2.42. The van der Waals surface area contributed by atoms with Crippen molar-refractivity contribution in [2.45, 2.75) is 43.5 Å². The van der Waals surface area contributed by atoms with Crippen molar-refractivity contribution in [3.05, 3.63) is 101 Å². The molecule has 7 rings (SSSR count). The largest absolute Gasteiger partial charge is 0.369 e. The Morgan fingerprint density at radius 3 is 2.37 bits per heavy atom. The van der Waals surface area contributed by atoms with E-state index in [-0.39, 0.29) is 47.4 Å². The monoisotopic (exact) mass is 701 g/mol. The number of anilines is 1. The Balaban J connectivity index is 1.37. The van der Waals surface area contributed by atoms with Crippen molar-refractivity contribution in [1.29, 1.82) is 0 Å². The molecule has 3 aliphatic heterocycles. The zero-order chi connectivity index (χ0) is 34.7. The van der Waals surface area contributed by atoms with E-state index in [2.05, 4.69) is 4.90 Å². The smallest absolute Gasteiger partial charge is 0.268 e. The van der Waals surface area contributed by atoms with Crippen LogP contribution in [0.4, 0.5) is 5.69 Å². The quantitative estimate of drug-likeness (QED) is 0.307. The fourth-order valence-electron chi connectivity index (χ4n) is 7.44. The molecule has 2 amide bonds.